The molecule has 18 heavy (non-hydrogen) atoms. The summed E-state index contributed by atoms with van der Waals surface area (Å²) in [7, 11) is 0. The molecule has 2 heterocycles. The van der Waals surface area contributed by atoms with Crippen LogP contribution in [0.4, 0.5) is 0 Å². The molecule has 0 aliphatic rings. The molecule has 98 valence electrons. The summed E-state index contributed by atoms with van der Waals surface area (Å²) in [5.41, 5.74) is 0. The lowest BCUT2D eigenvalue weighted by atomic mass is 10.4. The van der Waals surface area contributed by atoms with Crippen molar-refractivity contribution in [3.05, 3.63) is 23.9 Å². The van der Waals surface area contributed by atoms with Gasteiger partial charge in [-0.3, -0.25) is 0 Å². The van der Waals surface area contributed by atoms with Crippen LogP contribution >= 0.6 is 0 Å². The van der Waals surface area contributed by atoms with Crippen molar-refractivity contribution in [1.29, 1.82) is 0 Å². The van der Waals surface area contributed by atoms with Gasteiger partial charge in [-0.25, -0.2) is 9.67 Å². The topological polar surface area (TPSA) is 81.7 Å². The molecule has 7 heteroatoms. The third-order valence-electron chi connectivity index (χ3n) is 2.50. The van der Waals surface area contributed by atoms with Crippen molar-refractivity contribution in [3.8, 4) is 0 Å². The van der Waals surface area contributed by atoms with Gasteiger partial charge in [-0.05, 0) is 13.3 Å². The molecule has 0 bridgehead atoms. The summed E-state index contributed by atoms with van der Waals surface area (Å²) in [6, 6.07) is 0. The lowest BCUT2D eigenvalue weighted by molar-refractivity contribution is 0.371. The molecular formula is C11H18N6O. The number of aromatic nitrogens is 5. The molecule has 0 aliphatic carbocycles. The summed E-state index contributed by atoms with van der Waals surface area (Å²) in [6.45, 7) is 6.32. The van der Waals surface area contributed by atoms with Crippen LogP contribution in [0.3, 0.4) is 0 Å². The molecule has 2 aromatic heterocycles. The van der Waals surface area contributed by atoms with Gasteiger partial charge in [0.2, 0.25) is 5.89 Å². The number of aryl methyl sites for hydroxylation is 2. The maximum absolute atomic E-state index is 5.03. The van der Waals surface area contributed by atoms with E-state index in [1.165, 1.54) is 0 Å². The minimum atomic E-state index is 0.662. The molecule has 2 aromatic rings. The molecule has 0 spiro atoms. The highest BCUT2D eigenvalue weighted by Crippen LogP contribution is 1.98. The van der Waals surface area contributed by atoms with Crippen molar-refractivity contribution in [2.75, 3.05) is 6.54 Å². The van der Waals surface area contributed by atoms with Crippen LogP contribution in [0.25, 0.3) is 0 Å². The van der Waals surface area contributed by atoms with Gasteiger partial charge >= 0.3 is 0 Å². The first kappa shape index (κ1) is 12.7. The SMILES string of the molecule is CCCn1ncnc1CNCCc1nc(C)no1. The fraction of sp³-hybridized carbons (Fsp3) is 0.636. The van der Waals surface area contributed by atoms with Crippen molar-refractivity contribution >= 4 is 0 Å². The standard InChI is InChI=1S/C11H18N6O/c1-3-6-17-10(13-8-14-17)7-12-5-4-11-15-9(2)16-18-11/h8,12H,3-7H2,1-2H3. The lowest BCUT2D eigenvalue weighted by Gasteiger charge is -2.05. The van der Waals surface area contributed by atoms with Crippen molar-refractivity contribution in [2.45, 2.75) is 39.8 Å². The van der Waals surface area contributed by atoms with E-state index in [4.69, 9.17) is 4.52 Å². The summed E-state index contributed by atoms with van der Waals surface area (Å²) in [5, 5.41) is 11.2. The molecule has 0 aromatic carbocycles. The van der Waals surface area contributed by atoms with Crippen molar-refractivity contribution in [2.24, 2.45) is 0 Å². The second kappa shape index (κ2) is 6.25. The average Bonchev–Trinajstić information content (AvgIpc) is 2.95. The first-order valence-corrected chi connectivity index (χ1v) is 6.16. The third kappa shape index (κ3) is 3.36. The van der Waals surface area contributed by atoms with Crippen LogP contribution in [0, 0.1) is 6.92 Å². The normalized spacial score (nSPS) is 11.0. The zero-order valence-electron chi connectivity index (χ0n) is 10.8. The van der Waals surface area contributed by atoms with Crippen LogP contribution in [0.5, 0.6) is 0 Å². The Kier molecular flexibility index (Phi) is 4.40. The van der Waals surface area contributed by atoms with E-state index < -0.39 is 0 Å². The minimum Gasteiger partial charge on any atom is -0.339 e. The Morgan fingerprint density at radius 1 is 1.44 bits per heavy atom. The average molecular weight is 250 g/mol. The molecule has 0 fully saturated rings. The monoisotopic (exact) mass is 250 g/mol. The molecule has 0 aliphatic heterocycles. The fourth-order valence-electron chi connectivity index (χ4n) is 1.66. The lowest BCUT2D eigenvalue weighted by Crippen LogP contribution is -2.20. The second-order valence-electron chi connectivity index (χ2n) is 4.06. The van der Waals surface area contributed by atoms with E-state index in [2.05, 4.69) is 32.5 Å². The van der Waals surface area contributed by atoms with Gasteiger partial charge in [0, 0.05) is 19.5 Å². The molecule has 0 atom stereocenters. The van der Waals surface area contributed by atoms with Crippen LogP contribution in [-0.2, 0) is 19.5 Å². The highest BCUT2D eigenvalue weighted by molar-refractivity contribution is 4.86. The Hall–Kier alpha value is -1.76. The molecule has 1 N–H and O–H groups in total. The van der Waals surface area contributed by atoms with E-state index in [9.17, 15) is 0 Å². The minimum absolute atomic E-state index is 0.662. The van der Waals surface area contributed by atoms with E-state index in [-0.39, 0.29) is 0 Å². The molecule has 0 radical (unpaired) electrons. The number of hydrogen-bond donors (Lipinski definition) is 1. The zero-order chi connectivity index (χ0) is 12.8. The fourth-order valence-corrected chi connectivity index (χ4v) is 1.66. The van der Waals surface area contributed by atoms with Gasteiger partial charge < -0.3 is 9.84 Å². The Labute approximate surface area is 106 Å². The van der Waals surface area contributed by atoms with Crippen LogP contribution in [0.2, 0.25) is 0 Å². The van der Waals surface area contributed by atoms with Gasteiger partial charge in [0.15, 0.2) is 5.82 Å². The number of nitrogens with zero attached hydrogens (tertiary/aromatic N) is 5. The smallest absolute Gasteiger partial charge is 0.227 e. The summed E-state index contributed by atoms with van der Waals surface area (Å²) >= 11 is 0. The first-order valence-electron chi connectivity index (χ1n) is 6.16. The summed E-state index contributed by atoms with van der Waals surface area (Å²) < 4.78 is 6.95. The van der Waals surface area contributed by atoms with Crippen molar-refractivity contribution < 1.29 is 4.52 Å². The highest BCUT2D eigenvalue weighted by atomic mass is 16.5. The first-order chi connectivity index (χ1) is 8.79. The molecule has 0 saturated heterocycles. The summed E-state index contributed by atoms with van der Waals surface area (Å²) in [4.78, 5) is 8.36. The van der Waals surface area contributed by atoms with Crippen molar-refractivity contribution in [1.82, 2.24) is 30.2 Å². The largest absolute Gasteiger partial charge is 0.339 e. The van der Waals surface area contributed by atoms with E-state index in [0.29, 0.717) is 18.3 Å². The number of hydrogen-bond acceptors (Lipinski definition) is 6. The Bertz CT molecular complexity index is 477. The van der Waals surface area contributed by atoms with E-state index in [0.717, 1.165) is 31.8 Å². The molecule has 7 nitrogen and oxygen atoms in total. The van der Waals surface area contributed by atoms with Gasteiger partial charge in [0.05, 0.1) is 6.54 Å². The number of rotatable bonds is 7. The summed E-state index contributed by atoms with van der Waals surface area (Å²) in [6.07, 6.45) is 3.37. The van der Waals surface area contributed by atoms with Crippen LogP contribution < -0.4 is 5.32 Å². The maximum Gasteiger partial charge on any atom is 0.227 e. The van der Waals surface area contributed by atoms with Crippen LogP contribution in [0.15, 0.2) is 10.9 Å². The molecule has 0 saturated carbocycles. The quantitative estimate of drug-likeness (QED) is 0.729. The van der Waals surface area contributed by atoms with Gasteiger partial charge in [-0.1, -0.05) is 12.1 Å². The molecular weight excluding hydrogens is 232 g/mol. The molecule has 0 amide bonds. The van der Waals surface area contributed by atoms with Gasteiger partial charge in [-0.15, -0.1) is 0 Å². The summed E-state index contributed by atoms with van der Waals surface area (Å²) in [5.74, 6) is 2.29. The maximum atomic E-state index is 5.03. The molecule has 2 rings (SSSR count). The van der Waals surface area contributed by atoms with Crippen LogP contribution in [-0.4, -0.2) is 31.4 Å². The van der Waals surface area contributed by atoms with E-state index in [1.54, 1.807) is 6.33 Å². The number of nitrogens with one attached hydrogen (secondary N) is 1. The predicted molar refractivity (Wildman–Crippen MR) is 64.8 cm³/mol. The van der Waals surface area contributed by atoms with E-state index in [1.807, 2.05) is 11.6 Å². The highest BCUT2D eigenvalue weighted by Gasteiger charge is 2.04. The third-order valence-corrected chi connectivity index (χ3v) is 2.50. The zero-order valence-corrected chi connectivity index (χ0v) is 10.8. The predicted octanol–water partition coefficient (Wildman–Crippen LogP) is 0.712. The Morgan fingerprint density at radius 2 is 2.33 bits per heavy atom. The Balaban J connectivity index is 1.73. The second-order valence-corrected chi connectivity index (χ2v) is 4.06. The molecule has 0 unspecified atom stereocenters. The van der Waals surface area contributed by atoms with Gasteiger partial charge in [0.25, 0.3) is 0 Å². The van der Waals surface area contributed by atoms with E-state index >= 15 is 0 Å². The Morgan fingerprint density at radius 3 is 3.06 bits per heavy atom. The van der Waals surface area contributed by atoms with Crippen molar-refractivity contribution in [3.63, 3.8) is 0 Å². The van der Waals surface area contributed by atoms with Gasteiger partial charge in [-0.2, -0.15) is 10.1 Å². The van der Waals surface area contributed by atoms with Crippen LogP contribution in [0.1, 0.15) is 30.9 Å². The van der Waals surface area contributed by atoms with Gasteiger partial charge in [0.1, 0.15) is 12.2 Å².